The number of anilines is 1. The molecule has 0 spiro atoms. The van der Waals surface area contributed by atoms with E-state index >= 15 is 0 Å². The Bertz CT molecular complexity index is 1850. The van der Waals surface area contributed by atoms with E-state index in [0.29, 0.717) is 43.4 Å². The quantitative estimate of drug-likeness (QED) is 0.213. The Morgan fingerprint density at radius 3 is 2.64 bits per heavy atom. The van der Waals surface area contributed by atoms with Crippen LogP contribution >= 0.6 is 0 Å². The molecule has 2 aliphatic rings. The molecule has 2 aromatic heterocycles. The molecule has 4 heterocycles. The summed E-state index contributed by atoms with van der Waals surface area (Å²) in [6.07, 6.45) is 6.65. The molecule has 0 bridgehead atoms. The molecule has 0 N–H and O–H groups in total. The van der Waals surface area contributed by atoms with Gasteiger partial charge in [-0.05, 0) is 59.1 Å². The van der Waals surface area contributed by atoms with Gasteiger partial charge in [0.25, 0.3) is 5.91 Å². The van der Waals surface area contributed by atoms with Crippen LogP contribution in [0.5, 0.6) is 0 Å². The number of rotatable bonds is 7. The molecule has 0 radical (unpaired) electrons. The second kappa shape index (κ2) is 12.4. The number of piperidine rings is 1. The summed E-state index contributed by atoms with van der Waals surface area (Å²) in [5.74, 6) is 0.488. The summed E-state index contributed by atoms with van der Waals surface area (Å²) < 4.78 is 3.55. The first-order valence-electron chi connectivity index (χ1n) is 15.4. The van der Waals surface area contributed by atoms with E-state index in [2.05, 4.69) is 23.1 Å². The van der Waals surface area contributed by atoms with E-state index in [0.717, 1.165) is 34.2 Å². The smallest absolute Gasteiger partial charge is 0.335 e. The summed E-state index contributed by atoms with van der Waals surface area (Å²) >= 11 is 0. The predicted molar refractivity (Wildman–Crippen MR) is 171 cm³/mol. The van der Waals surface area contributed by atoms with E-state index in [9.17, 15) is 14.4 Å². The fraction of sp³-hybridized carbons (Fsp3) is 0.343. The Hall–Kier alpha value is -5.17. The molecule has 10 heteroatoms. The zero-order chi connectivity index (χ0) is 31.7. The Labute approximate surface area is 262 Å². The molecular formula is C35H36N7O3+. The normalized spacial score (nSPS) is 19.0. The van der Waals surface area contributed by atoms with Crippen LogP contribution in [0.1, 0.15) is 65.3 Å². The number of nitrogens with zero attached hydrogens (tertiary/aromatic N) is 7. The minimum Gasteiger partial charge on any atom is -0.341 e. The molecule has 1 fully saturated rings. The maximum Gasteiger partial charge on any atom is 0.335 e. The third kappa shape index (κ3) is 5.62. The van der Waals surface area contributed by atoms with Crippen LogP contribution < -0.4 is 4.90 Å². The predicted octanol–water partition coefficient (Wildman–Crippen LogP) is 5.17. The molecule has 45 heavy (non-hydrogen) atoms. The second-order valence-electron chi connectivity index (χ2n) is 11.9. The molecule has 2 aromatic carbocycles. The second-order valence-corrected chi connectivity index (χ2v) is 11.9. The van der Waals surface area contributed by atoms with Crippen molar-refractivity contribution >= 4 is 46.5 Å². The minimum absolute atomic E-state index is 0.0132. The van der Waals surface area contributed by atoms with Gasteiger partial charge in [0.2, 0.25) is 18.1 Å². The number of carbonyl (C=O) groups is 3. The van der Waals surface area contributed by atoms with E-state index in [1.165, 1.54) is 6.33 Å². The van der Waals surface area contributed by atoms with Crippen molar-refractivity contribution in [3.05, 3.63) is 83.8 Å². The number of likely N-dealkylation sites (tertiary alicyclic amines) is 1. The number of hydrogen-bond acceptors (Lipinski definition) is 6. The van der Waals surface area contributed by atoms with Crippen molar-refractivity contribution in [2.45, 2.75) is 45.6 Å². The number of fused-ring (bicyclic) bond motifs is 2. The molecule has 2 unspecified atom stereocenters. The van der Waals surface area contributed by atoms with E-state index in [1.54, 1.807) is 20.6 Å². The lowest BCUT2D eigenvalue weighted by Gasteiger charge is -2.34. The van der Waals surface area contributed by atoms with Crippen molar-refractivity contribution < 1.29 is 19.0 Å². The van der Waals surface area contributed by atoms with Crippen molar-refractivity contribution in [3.8, 4) is 6.07 Å². The van der Waals surface area contributed by atoms with Crippen molar-refractivity contribution in [2.75, 3.05) is 25.0 Å². The summed E-state index contributed by atoms with van der Waals surface area (Å²) in [4.78, 5) is 51.8. The molecule has 228 valence electrons. The number of hydrogen-bond donors (Lipinski definition) is 0. The summed E-state index contributed by atoms with van der Waals surface area (Å²) in [5, 5.41) is 9.71. The number of amides is 2. The average molecular weight is 603 g/mol. The monoisotopic (exact) mass is 602 g/mol. The molecule has 6 rings (SSSR count). The van der Waals surface area contributed by atoms with Crippen molar-refractivity contribution in [3.63, 3.8) is 0 Å². The summed E-state index contributed by atoms with van der Waals surface area (Å²) in [5.41, 5.74) is 3.95. The first-order chi connectivity index (χ1) is 21.8. The van der Waals surface area contributed by atoms with Gasteiger partial charge in [-0.2, -0.15) is 10.2 Å². The van der Waals surface area contributed by atoms with Gasteiger partial charge in [-0.25, -0.2) is 4.58 Å². The van der Waals surface area contributed by atoms with Gasteiger partial charge in [-0.3, -0.25) is 19.0 Å². The fourth-order valence-corrected chi connectivity index (χ4v) is 6.52. The van der Waals surface area contributed by atoms with E-state index in [4.69, 9.17) is 5.26 Å². The maximum atomic E-state index is 13.9. The Morgan fingerprint density at radius 1 is 1.13 bits per heavy atom. The molecule has 2 aliphatic heterocycles. The highest BCUT2D eigenvalue weighted by Crippen LogP contribution is 2.32. The van der Waals surface area contributed by atoms with Gasteiger partial charge >= 0.3 is 5.82 Å². The lowest BCUT2D eigenvalue weighted by molar-refractivity contribution is -0.405. The summed E-state index contributed by atoms with van der Waals surface area (Å²) in [6.45, 7) is 5.90. The molecule has 1 saturated heterocycles. The highest BCUT2D eigenvalue weighted by molar-refractivity contribution is 6.10. The SMILES string of the molecule is CCC(C(=O)n1ccc2c(/[N+](C)=C\C3CN(C(=O)CC#N)CC[C@H]3C)ncnc21)c1ccc(N2Cc3ccccc3C2=O)cc1. The molecule has 2 amide bonds. The van der Waals surface area contributed by atoms with E-state index < -0.39 is 5.92 Å². The highest BCUT2D eigenvalue weighted by Gasteiger charge is 2.31. The molecule has 4 aromatic rings. The van der Waals surface area contributed by atoms with Crippen LogP contribution in [-0.2, 0) is 11.3 Å². The Kier molecular flexibility index (Phi) is 8.26. The molecule has 0 saturated carbocycles. The topological polar surface area (TPSA) is 115 Å². The fourth-order valence-electron chi connectivity index (χ4n) is 6.52. The van der Waals surface area contributed by atoms with Gasteiger partial charge in [0, 0.05) is 36.5 Å². The van der Waals surface area contributed by atoms with Crippen LogP contribution in [0.3, 0.4) is 0 Å². The third-order valence-electron chi connectivity index (χ3n) is 9.18. The molecule has 3 atom stereocenters. The number of benzene rings is 2. The maximum absolute atomic E-state index is 13.9. The zero-order valence-corrected chi connectivity index (χ0v) is 25.8. The zero-order valence-electron chi connectivity index (χ0n) is 25.8. The largest absolute Gasteiger partial charge is 0.341 e. The van der Waals surface area contributed by atoms with Crippen molar-refractivity contribution in [2.24, 2.45) is 11.8 Å². The standard InChI is InChI=1S/C35H36N7O3/c1-4-28(24-9-11-27(12-10-24)42-21-25-7-5-6-8-29(25)35(42)45)34(44)41-18-15-30-32(37-22-38-33(30)41)39(3)19-26-20-40(17-14-23(26)2)31(43)13-16-36/h5-12,15,18-19,22-23,26,28H,4,13-14,17,20-21H2,1-3H3/q+1/b39-19-/t23-,26?,28?/m1/s1. The molecule has 10 nitrogen and oxygen atoms in total. The Morgan fingerprint density at radius 2 is 1.91 bits per heavy atom. The number of aromatic nitrogens is 3. The van der Waals surface area contributed by atoms with Crippen molar-refractivity contribution in [1.82, 2.24) is 19.4 Å². The first kappa shape index (κ1) is 29.9. The lowest BCUT2D eigenvalue weighted by atomic mass is 9.87. The van der Waals surface area contributed by atoms with Gasteiger partial charge in [-0.1, -0.05) is 44.2 Å². The minimum atomic E-state index is -0.399. The number of carbonyl (C=O) groups excluding carboxylic acids is 3. The van der Waals surface area contributed by atoms with Gasteiger partial charge in [0.05, 0.1) is 31.8 Å². The molecule has 0 aliphatic carbocycles. The average Bonchev–Trinajstić information content (AvgIpc) is 3.64. The van der Waals surface area contributed by atoms with Gasteiger partial charge in [0.1, 0.15) is 11.8 Å². The van der Waals surface area contributed by atoms with Crippen molar-refractivity contribution in [1.29, 1.82) is 5.26 Å². The molecular weight excluding hydrogens is 566 g/mol. The lowest BCUT2D eigenvalue weighted by Crippen LogP contribution is -2.44. The van der Waals surface area contributed by atoms with Gasteiger partial charge < -0.3 is 9.80 Å². The summed E-state index contributed by atoms with van der Waals surface area (Å²) in [7, 11) is 1.92. The first-order valence-corrected chi connectivity index (χ1v) is 15.4. The van der Waals surface area contributed by atoms with E-state index in [1.807, 2.05) is 79.2 Å². The van der Waals surface area contributed by atoms with E-state index in [-0.39, 0.29) is 30.1 Å². The Balaban J connectivity index is 1.23. The van der Waals surface area contributed by atoms with Gasteiger partial charge in [0.15, 0.2) is 5.65 Å². The van der Waals surface area contributed by atoms with Crippen LogP contribution in [0, 0.1) is 23.2 Å². The third-order valence-corrected chi connectivity index (χ3v) is 9.18. The van der Waals surface area contributed by atoms with Crippen LogP contribution in [0.15, 0.2) is 67.1 Å². The number of nitriles is 1. The van der Waals surface area contributed by atoms with Gasteiger partial charge in [-0.15, -0.1) is 0 Å². The van der Waals surface area contributed by atoms with Crippen LogP contribution in [0.4, 0.5) is 11.5 Å². The van der Waals surface area contributed by atoms with Crippen LogP contribution in [-0.4, -0.2) is 68.1 Å². The highest BCUT2D eigenvalue weighted by atomic mass is 16.2. The van der Waals surface area contributed by atoms with Crippen LogP contribution in [0.25, 0.3) is 11.0 Å². The van der Waals surface area contributed by atoms with Crippen LogP contribution in [0.2, 0.25) is 0 Å². The summed E-state index contributed by atoms with van der Waals surface area (Å²) in [6, 6.07) is 19.2.